The largest absolute Gasteiger partial charge is 0.379 e. The van der Waals surface area contributed by atoms with E-state index < -0.39 is 0 Å². The quantitative estimate of drug-likeness (QED) is 0.775. The molecule has 0 saturated carbocycles. The molecule has 0 aliphatic carbocycles. The fourth-order valence-electron chi connectivity index (χ4n) is 2.43. The van der Waals surface area contributed by atoms with Crippen molar-refractivity contribution in [1.29, 1.82) is 0 Å². The highest BCUT2D eigenvalue weighted by molar-refractivity contribution is 9.10. The van der Waals surface area contributed by atoms with Gasteiger partial charge < -0.3 is 9.64 Å². The molecule has 3 rings (SSSR count). The molecule has 0 radical (unpaired) electrons. The smallest absolute Gasteiger partial charge is 0.144 e. The Hall–Kier alpha value is -0.360. The van der Waals surface area contributed by atoms with Crippen LogP contribution in [0.2, 0.25) is 5.15 Å². The summed E-state index contributed by atoms with van der Waals surface area (Å²) in [7, 11) is 0. The van der Waals surface area contributed by atoms with Gasteiger partial charge in [-0.25, -0.2) is 4.98 Å². The van der Waals surface area contributed by atoms with Crippen molar-refractivity contribution in [3.8, 4) is 0 Å². The van der Waals surface area contributed by atoms with Crippen molar-refractivity contribution in [3.63, 3.8) is 0 Å². The van der Waals surface area contributed by atoms with E-state index >= 15 is 0 Å². The second kappa shape index (κ2) is 5.33. The number of rotatable bonds is 2. The summed E-state index contributed by atoms with van der Waals surface area (Å²) >= 11 is 9.47. The Bertz CT molecular complexity index is 433. The number of hydrogen-bond acceptors (Lipinski definition) is 4. The Morgan fingerprint density at radius 2 is 2.00 bits per heavy atom. The zero-order valence-electron chi connectivity index (χ0n) is 9.98. The molecule has 4 nitrogen and oxygen atoms in total. The van der Waals surface area contributed by atoms with Gasteiger partial charge in [-0.1, -0.05) is 11.6 Å². The first kappa shape index (κ1) is 12.7. The number of nitrogens with zero attached hydrogens (tertiary/aromatic N) is 3. The van der Waals surface area contributed by atoms with Crippen molar-refractivity contribution < 1.29 is 4.74 Å². The van der Waals surface area contributed by atoms with Gasteiger partial charge in [0.1, 0.15) is 11.0 Å². The van der Waals surface area contributed by atoms with Crippen LogP contribution in [-0.2, 0) is 4.74 Å². The summed E-state index contributed by atoms with van der Waals surface area (Å²) in [5, 5.41) is 0.544. The molecular formula is C12H15BrClN3O. The predicted octanol–water partition coefficient (Wildman–Crippen LogP) is 2.02. The second-order valence-electron chi connectivity index (χ2n) is 4.65. The first-order valence-electron chi connectivity index (χ1n) is 6.13. The monoisotopic (exact) mass is 331 g/mol. The molecule has 2 aliphatic rings. The lowest BCUT2D eigenvalue weighted by molar-refractivity contribution is 0.0104. The molecule has 0 unspecified atom stereocenters. The number of pyridine rings is 1. The highest BCUT2D eigenvalue weighted by Gasteiger charge is 2.34. The number of ether oxygens (including phenoxy) is 1. The van der Waals surface area contributed by atoms with Crippen molar-refractivity contribution in [2.24, 2.45) is 0 Å². The third-order valence-electron chi connectivity index (χ3n) is 3.52. The molecule has 6 heteroatoms. The minimum absolute atomic E-state index is 0.544. The topological polar surface area (TPSA) is 28.6 Å². The van der Waals surface area contributed by atoms with E-state index in [2.05, 4.69) is 30.7 Å². The summed E-state index contributed by atoms with van der Waals surface area (Å²) in [6, 6.07) is 4.38. The van der Waals surface area contributed by atoms with Crippen LogP contribution >= 0.6 is 27.5 Å². The van der Waals surface area contributed by atoms with Crippen LogP contribution in [0.5, 0.6) is 0 Å². The van der Waals surface area contributed by atoms with E-state index in [9.17, 15) is 0 Å². The molecule has 0 N–H and O–H groups in total. The van der Waals surface area contributed by atoms with Crippen molar-refractivity contribution in [1.82, 2.24) is 9.88 Å². The first-order chi connectivity index (χ1) is 8.74. The van der Waals surface area contributed by atoms with Gasteiger partial charge in [0.2, 0.25) is 0 Å². The van der Waals surface area contributed by atoms with Crippen LogP contribution in [-0.4, -0.2) is 55.3 Å². The standard InChI is InChI=1S/C12H15BrClN3O/c13-10-1-2-11(14)15-12(10)17-7-9(8-17)16-3-5-18-6-4-16/h1-2,9H,3-8H2. The lowest BCUT2D eigenvalue weighted by atomic mass is 10.1. The summed E-state index contributed by atoms with van der Waals surface area (Å²) in [5.74, 6) is 0.951. The lowest BCUT2D eigenvalue weighted by Crippen LogP contribution is -2.61. The van der Waals surface area contributed by atoms with E-state index in [4.69, 9.17) is 16.3 Å². The SMILES string of the molecule is Clc1ccc(Br)c(N2CC(N3CCOCC3)C2)n1. The van der Waals surface area contributed by atoms with Gasteiger partial charge in [0, 0.05) is 32.2 Å². The van der Waals surface area contributed by atoms with Crippen LogP contribution in [0.1, 0.15) is 0 Å². The van der Waals surface area contributed by atoms with Gasteiger partial charge in [0.25, 0.3) is 0 Å². The summed E-state index contributed by atoms with van der Waals surface area (Å²) in [6.07, 6.45) is 0. The Balaban J connectivity index is 1.62. The summed E-state index contributed by atoms with van der Waals surface area (Å²) < 4.78 is 6.38. The number of aromatic nitrogens is 1. The van der Waals surface area contributed by atoms with Crippen LogP contribution < -0.4 is 4.90 Å². The number of morpholine rings is 1. The maximum atomic E-state index is 5.94. The molecule has 2 saturated heterocycles. The fourth-order valence-corrected chi connectivity index (χ4v) is 3.05. The summed E-state index contributed by atoms with van der Waals surface area (Å²) in [6.45, 7) is 5.84. The van der Waals surface area contributed by atoms with Crippen LogP contribution in [0, 0.1) is 0 Å². The minimum atomic E-state index is 0.544. The van der Waals surface area contributed by atoms with Crippen LogP contribution in [0.4, 0.5) is 5.82 Å². The average Bonchev–Trinajstić information content (AvgIpc) is 2.33. The van der Waals surface area contributed by atoms with Gasteiger partial charge in [0.15, 0.2) is 0 Å². The zero-order valence-corrected chi connectivity index (χ0v) is 12.3. The molecule has 18 heavy (non-hydrogen) atoms. The highest BCUT2D eigenvalue weighted by Crippen LogP contribution is 2.30. The third kappa shape index (κ3) is 2.50. The van der Waals surface area contributed by atoms with Gasteiger partial charge in [0.05, 0.1) is 17.7 Å². The predicted molar refractivity (Wildman–Crippen MR) is 75.3 cm³/mol. The first-order valence-corrected chi connectivity index (χ1v) is 7.30. The van der Waals surface area contributed by atoms with E-state index in [0.717, 1.165) is 49.7 Å². The Labute approximate surface area is 120 Å². The molecule has 2 aliphatic heterocycles. The molecule has 0 bridgehead atoms. The van der Waals surface area contributed by atoms with Gasteiger partial charge in [-0.05, 0) is 28.1 Å². The highest BCUT2D eigenvalue weighted by atomic mass is 79.9. The maximum absolute atomic E-state index is 5.94. The molecule has 0 spiro atoms. The molecule has 0 atom stereocenters. The van der Waals surface area contributed by atoms with Gasteiger partial charge >= 0.3 is 0 Å². The molecule has 2 fully saturated rings. The van der Waals surface area contributed by atoms with E-state index in [1.807, 2.05) is 6.07 Å². The molecule has 1 aromatic rings. The van der Waals surface area contributed by atoms with Crippen molar-refractivity contribution in [3.05, 3.63) is 21.8 Å². The zero-order chi connectivity index (χ0) is 12.5. The van der Waals surface area contributed by atoms with Crippen LogP contribution in [0.25, 0.3) is 0 Å². The minimum Gasteiger partial charge on any atom is -0.379 e. The van der Waals surface area contributed by atoms with E-state index in [0.29, 0.717) is 11.2 Å². The van der Waals surface area contributed by atoms with Gasteiger partial charge in [-0.3, -0.25) is 4.90 Å². The molecule has 0 aromatic carbocycles. The average molecular weight is 333 g/mol. The molecule has 3 heterocycles. The van der Waals surface area contributed by atoms with Crippen LogP contribution in [0.3, 0.4) is 0 Å². The van der Waals surface area contributed by atoms with Crippen molar-refractivity contribution in [2.45, 2.75) is 6.04 Å². The Morgan fingerprint density at radius 3 is 2.72 bits per heavy atom. The van der Waals surface area contributed by atoms with E-state index in [1.165, 1.54) is 0 Å². The van der Waals surface area contributed by atoms with Crippen molar-refractivity contribution >= 4 is 33.3 Å². The fraction of sp³-hybridized carbons (Fsp3) is 0.583. The number of hydrogen-bond donors (Lipinski definition) is 0. The maximum Gasteiger partial charge on any atom is 0.144 e. The molecule has 0 amide bonds. The van der Waals surface area contributed by atoms with Crippen LogP contribution in [0.15, 0.2) is 16.6 Å². The second-order valence-corrected chi connectivity index (χ2v) is 5.89. The third-order valence-corrected chi connectivity index (χ3v) is 4.35. The summed E-state index contributed by atoms with van der Waals surface area (Å²) in [4.78, 5) is 9.13. The normalized spacial score (nSPS) is 22.0. The molecule has 1 aromatic heterocycles. The van der Waals surface area contributed by atoms with Gasteiger partial charge in [-0.2, -0.15) is 0 Å². The lowest BCUT2D eigenvalue weighted by Gasteiger charge is -2.47. The van der Waals surface area contributed by atoms with E-state index in [-0.39, 0.29) is 0 Å². The Kier molecular flexibility index (Phi) is 3.75. The summed E-state index contributed by atoms with van der Waals surface area (Å²) in [5.41, 5.74) is 0. The van der Waals surface area contributed by atoms with Gasteiger partial charge in [-0.15, -0.1) is 0 Å². The number of halogens is 2. The number of anilines is 1. The molecular weight excluding hydrogens is 318 g/mol. The van der Waals surface area contributed by atoms with Crippen molar-refractivity contribution in [2.75, 3.05) is 44.3 Å². The van der Waals surface area contributed by atoms with E-state index in [1.54, 1.807) is 6.07 Å². The molecule has 98 valence electrons. The Morgan fingerprint density at radius 1 is 1.28 bits per heavy atom.